The Balaban J connectivity index is 1.56. The first kappa shape index (κ1) is 17.8. The minimum Gasteiger partial charge on any atom is -0.361 e. The van der Waals surface area contributed by atoms with Gasteiger partial charge in [0.2, 0.25) is 5.95 Å². The number of hydrogen-bond donors (Lipinski definition) is 1. The Morgan fingerprint density at radius 2 is 1.86 bits per heavy atom. The van der Waals surface area contributed by atoms with E-state index in [1.807, 2.05) is 10.6 Å². The van der Waals surface area contributed by atoms with E-state index in [-0.39, 0.29) is 11.2 Å². The number of hydrogen-bond acceptors (Lipinski definition) is 4. The molecule has 29 heavy (non-hydrogen) atoms. The van der Waals surface area contributed by atoms with E-state index >= 15 is 0 Å². The summed E-state index contributed by atoms with van der Waals surface area (Å²) in [5.41, 5.74) is 2.78. The topological polar surface area (TPSA) is 80.8 Å². The highest BCUT2D eigenvalue weighted by atomic mass is 16.2. The number of aryl methyl sites for hydroxylation is 2. The van der Waals surface area contributed by atoms with Crippen molar-refractivity contribution in [2.75, 3.05) is 18.0 Å². The van der Waals surface area contributed by atoms with Crippen LogP contribution in [0.25, 0.3) is 22.1 Å². The Labute approximate surface area is 167 Å². The molecule has 5 rings (SSSR count). The van der Waals surface area contributed by atoms with Crippen molar-refractivity contribution in [3.05, 3.63) is 56.9 Å². The monoisotopic (exact) mass is 392 g/mol. The van der Waals surface area contributed by atoms with Crippen molar-refractivity contribution in [3.8, 4) is 0 Å². The van der Waals surface area contributed by atoms with Crippen molar-refractivity contribution in [2.45, 2.75) is 25.8 Å². The fourth-order valence-electron chi connectivity index (χ4n) is 4.37. The first-order chi connectivity index (χ1) is 14.1. The van der Waals surface area contributed by atoms with Crippen molar-refractivity contribution in [1.29, 1.82) is 0 Å². The summed E-state index contributed by atoms with van der Waals surface area (Å²) >= 11 is 0. The SMILES string of the molecule is Cn1c(=O)c2c(nc3n2CCCCN3CCc2c[nH]c3ccccc23)n(C)c1=O. The van der Waals surface area contributed by atoms with Gasteiger partial charge in [0.15, 0.2) is 11.2 Å². The molecule has 0 unspecified atom stereocenters. The van der Waals surface area contributed by atoms with E-state index < -0.39 is 0 Å². The van der Waals surface area contributed by atoms with Crippen molar-refractivity contribution >= 4 is 28.0 Å². The van der Waals surface area contributed by atoms with Gasteiger partial charge >= 0.3 is 5.69 Å². The zero-order valence-corrected chi connectivity index (χ0v) is 16.7. The average Bonchev–Trinajstić information content (AvgIpc) is 3.26. The molecule has 0 spiro atoms. The Morgan fingerprint density at radius 3 is 2.72 bits per heavy atom. The normalized spacial score (nSPS) is 14.5. The first-order valence-electron chi connectivity index (χ1n) is 10.0. The third kappa shape index (κ3) is 2.70. The van der Waals surface area contributed by atoms with Crippen LogP contribution in [0.4, 0.5) is 5.95 Å². The van der Waals surface area contributed by atoms with Crippen LogP contribution in [-0.4, -0.2) is 36.8 Å². The van der Waals surface area contributed by atoms with Gasteiger partial charge in [-0.25, -0.2) is 4.79 Å². The number of H-pyrrole nitrogens is 1. The highest BCUT2D eigenvalue weighted by molar-refractivity contribution is 5.83. The van der Waals surface area contributed by atoms with Gasteiger partial charge in [-0.15, -0.1) is 0 Å². The molecule has 8 nitrogen and oxygen atoms in total. The number of imidazole rings is 1. The number of nitrogens with zero attached hydrogens (tertiary/aromatic N) is 5. The molecule has 0 fully saturated rings. The number of rotatable bonds is 3. The maximum absolute atomic E-state index is 12.8. The number of aromatic amines is 1. The maximum atomic E-state index is 12.8. The van der Waals surface area contributed by atoms with Crippen molar-refractivity contribution in [2.24, 2.45) is 14.1 Å². The highest BCUT2D eigenvalue weighted by Crippen LogP contribution is 2.25. The molecule has 1 aliphatic heterocycles. The standard InChI is InChI=1S/C21H24N6O2/c1-24-18-17(19(28)25(2)21(24)29)27-11-6-5-10-26(20(27)23-18)12-9-14-13-22-16-8-4-3-7-15(14)16/h3-4,7-8,13,22H,5-6,9-12H2,1-2H3. The van der Waals surface area contributed by atoms with Gasteiger partial charge < -0.3 is 14.5 Å². The van der Waals surface area contributed by atoms with E-state index in [1.165, 1.54) is 27.1 Å². The van der Waals surface area contributed by atoms with Crippen LogP contribution in [0.5, 0.6) is 0 Å². The first-order valence-corrected chi connectivity index (χ1v) is 10.0. The van der Waals surface area contributed by atoms with Gasteiger partial charge in [-0.3, -0.25) is 13.9 Å². The van der Waals surface area contributed by atoms with Crippen molar-refractivity contribution in [1.82, 2.24) is 23.7 Å². The lowest BCUT2D eigenvalue weighted by molar-refractivity contribution is 0.654. The van der Waals surface area contributed by atoms with Crippen LogP contribution in [0.1, 0.15) is 18.4 Å². The van der Waals surface area contributed by atoms with E-state index in [0.717, 1.165) is 50.4 Å². The van der Waals surface area contributed by atoms with Crippen LogP contribution >= 0.6 is 0 Å². The lowest BCUT2D eigenvalue weighted by Gasteiger charge is -2.21. The molecule has 0 saturated carbocycles. The number of benzene rings is 1. The molecule has 150 valence electrons. The van der Waals surface area contributed by atoms with Gasteiger partial charge in [0, 0.05) is 50.8 Å². The van der Waals surface area contributed by atoms with E-state index in [2.05, 4.69) is 34.3 Å². The molecule has 0 aliphatic carbocycles. The molecule has 3 aromatic heterocycles. The highest BCUT2D eigenvalue weighted by Gasteiger charge is 2.24. The molecule has 0 amide bonds. The third-order valence-electron chi connectivity index (χ3n) is 6.00. The van der Waals surface area contributed by atoms with E-state index in [1.54, 1.807) is 7.05 Å². The summed E-state index contributed by atoms with van der Waals surface area (Å²) in [6.07, 6.45) is 4.98. The summed E-state index contributed by atoms with van der Waals surface area (Å²) < 4.78 is 4.63. The molecular formula is C21H24N6O2. The van der Waals surface area contributed by atoms with Gasteiger partial charge in [0.25, 0.3) is 5.56 Å². The Morgan fingerprint density at radius 1 is 1.07 bits per heavy atom. The fraction of sp³-hybridized carbons (Fsp3) is 0.381. The number of nitrogens with one attached hydrogen (secondary N) is 1. The van der Waals surface area contributed by atoms with Gasteiger partial charge in [0.1, 0.15) is 0 Å². The van der Waals surface area contributed by atoms with Crippen molar-refractivity contribution in [3.63, 3.8) is 0 Å². The lowest BCUT2D eigenvalue weighted by Crippen LogP contribution is -2.37. The van der Waals surface area contributed by atoms with Gasteiger partial charge in [-0.05, 0) is 30.9 Å². The van der Waals surface area contributed by atoms with Crippen LogP contribution in [0.15, 0.2) is 40.1 Å². The third-order valence-corrected chi connectivity index (χ3v) is 6.00. The quantitative estimate of drug-likeness (QED) is 0.576. The molecule has 0 atom stereocenters. The van der Waals surface area contributed by atoms with Crippen LogP contribution in [0.3, 0.4) is 0 Å². The summed E-state index contributed by atoms with van der Waals surface area (Å²) in [4.78, 5) is 35.5. The second kappa shape index (κ2) is 6.65. The molecule has 4 heterocycles. The average molecular weight is 392 g/mol. The van der Waals surface area contributed by atoms with E-state index in [9.17, 15) is 9.59 Å². The van der Waals surface area contributed by atoms with Crippen molar-refractivity contribution < 1.29 is 0 Å². The number of aromatic nitrogens is 5. The van der Waals surface area contributed by atoms with Crippen LogP contribution in [0.2, 0.25) is 0 Å². The number of anilines is 1. The van der Waals surface area contributed by atoms with E-state index in [4.69, 9.17) is 4.98 Å². The Kier molecular flexibility index (Phi) is 4.08. The predicted molar refractivity (Wildman–Crippen MR) is 114 cm³/mol. The lowest BCUT2D eigenvalue weighted by atomic mass is 10.1. The predicted octanol–water partition coefficient (Wildman–Crippen LogP) is 1.76. The second-order valence-corrected chi connectivity index (χ2v) is 7.75. The van der Waals surface area contributed by atoms with E-state index in [0.29, 0.717) is 11.2 Å². The van der Waals surface area contributed by atoms with Crippen LogP contribution in [0, 0.1) is 0 Å². The van der Waals surface area contributed by atoms with Gasteiger partial charge in [0.05, 0.1) is 0 Å². The fourth-order valence-corrected chi connectivity index (χ4v) is 4.37. The molecule has 1 aliphatic rings. The Hall–Kier alpha value is -3.29. The number of fused-ring (bicyclic) bond motifs is 4. The molecule has 0 bridgehead atoms. The minimum absolute atomic E-state index is 0.277. The Bertz CT molecular complexity index is 1340. The molecule has 1 aromatic carbocycles. The summed E-state index contributed by atoms with van der Waals surface area (Å²) in [6.45, 7) is 2.43. The largest absolute Gasteiger partial charge is 0.361 e. The zero-order chi connectivity index (χ0) is 20.1. The summed E-state index contributed by atoms with van der Waals surface area (Å²) in [5.74, 6) is 0.788. The molecule has 0 saturated heterocycles. The number of para-hydroxylation sites is 1. The molecular weight excluding hydrogens is 368 g/mol. The maximum Gasteiger partial charge on any atom is 0.332 e. The van der Waals surface area contributed by atoms with Crippen LogP contribution < -0.4 is 16.1 Å². The minimum atomic E-state index is -0.346. The summed E-state index contributed by atoms with van der Waals surface area (Å²) in [6, 6.07) is 8.31. The van der Waals surface area contributed by atoms with Gasteiger partial charge in [-0.1, -0.05) is 18.2 Å². The zero-order valence-electron chi connectivity index (χ0n) is 16.7. The molecule has 8 heteroatoms. The molecule has 0 radical (unpaired) electrons. The second-order valence-electron chi connectivity index (χ2n) is 7.75. The summed E-state index contributed by atoms with van der Waals surface area (Å²) in [5, 5.41) is 1.24. The summed E-state index contributed by atoms with van der Waals surface area (Å²) in [7, 11) is 3.20. The van der Waals surface area contributed by atoms with Gasteiger partial charge in [-0.2, -0.15) is 4.98 Å². The molecule has 4 aromatic rings. The van der Waals surface area contributed by atoms with Crippen LogP contribution in [-0.2, 0) is 27.1 Å². The molecule has 1 N–H and O–H groups in total. The smallest absolute Gasteiger partial charge is 0.332 e.